The predicted molar refractivity (Wildman–Crippen MR) is 61.4 cm³/mol. The Bertz CT molecular complexity index is 310. The number of rotatable bonds is 9. The Kier molecular flexibility index (Phi) is 8.71. The zero-order valence-corrected chi connectivity index (χ0v) is 10.3. The van der Waals surface area contributed by atoms with Gasteiger partial charge in [0.1, 0.15) is 0 Å². The van der Waals surface area contributed by atoms with Gasteiger partial charge in [-0.3, -0.25) is 4.79 Å². The summed E-state index contributed by atoms with van der Waals surface area (Å²) in [6.07, 6.45) is -3.79. The monoisotopic (exact) mass is 278 g/mol. The highest BCUT2D eigenvalue weighted by Crippen LogP contribution is 2.04. The molecule has 0 unspecified atom stereocenters. The Morgan fingerprint density at radius 1 is 0.947 bits per heavy atom. The molecule has 0 aliphatic carbocycles. The van der Waals surface area contributed by atoms with Crippen LogP contribution in [-0.4, -0.2) is 58.2 Å². The summed E-state index contributed by atoms with van der Waals surface area (Å²) in [6, 6.07) is 0. The van der Waals surface area contributed by atoms with E-state index in [1.807, 2.05) is 0 Å². The van der Waals surface area contributed by atoms with E-state index in [0.29, 0.717) is 0 Å². The molecule has 0 bridgehead atoms. The predicted octanol–water partition coefficient (Wildman–Crippen LogP) is -1.58. The van der Waals surface area contributed by atoms with Crippen molar-refractivity contribution in [3.8, 4) is 0 Å². The molecule has 0 radical (unpaired) electrons. The van der Waals surface area contributed by atoms with Crippen LogP contribution in [0.15, 0.2) is 12.2 Å². The highest BCUT2D eigenvalue weighted by molar-refractivity contribution is 5.93. The summed E-state index contributed by atoms with van der Waals surface area (Å²) in [7, 11) is 0. The maximum absolute atomic E-state index is 11.3. The van der Waals surface area contributed by atoms with Gasteiger partial charge in [0.25, 0.3) is 0 Å². The van der Waals surface area contributed by atoms with Crippen LogP contribution in [0.1, 0.15) is 19.3 Å². The van der Waals surface area contributed by atoms with Crippen LogP contribution in [0.25, 0.3) is 0 Å². The summed E-state index contributed by atoms with van der Waals surface area (Å²) in [5.74, 6) is -1.58. The van der Waals surface area contributed by atoms with Gasteiger partial charge < -0.3 is 29.9 Å². The maximum Gasteiger partial charge on any atom is 0.333 e. The van der Waals surface area contributed by atoms with Crippen molar-refractivity contribution in [2.75, 3.05) is 13.2 Å². The van der Waals surface area contributed by atoms with Crippen molar-refractivity contribution in [2.45, 2.75) is 31.8 Å². The number of aliphatic hydroxyl groups excluding tert-OH is 2. The first-order valence-corrected chi connectivity index (χ1v) is 5.55. The average Bonchev–Trinajstić information content (AvgIpc) is 2.27. The fraction of sp³-hybridized carbons (Fsp3) is 0.636. The number of esters is 2. The van der Waals surface area contributed by atoms with Gasteiger partial charge in [-0.25, -0.2) is 4.79 Å². The van der Waals surface area contributed by atoms with Crippen LogP contribution in [0, 0.1) is 0 Å². The normalized spacial score (nSPS) is 10.6. The molecule has 4 N–H and O–H groups in total. The van der Waals surface area contributed by atoms with Crippen molar-refractivity contribution >= 4 is 11.9 Å². The van der Waals surface area contributed by atoms with E-state index in [-0.39, 0.29) is 38.0 Å². The van der Waals surface area contributed by atoms with Gasteiger partial charge in [-0.05, 0) is 0 Å². The largest absolute Gasteiger partial charge is 0.465 e. The molecule has 0 atom stereocenters. The van der Waals surface area contributed by atoms with Gasteiger partial charge in [-0.15, -0.1) is 0 Å². The lowest BCUT2D eigenvalue weighted by atomic mass is 10.2. The SMILES string of the molecule is C=C(CC(=O)OCCC(O)O)C(=O)OCCC(O)O. The summed E-state index contributed by atoms with van der Waals surface area (Å²) in [5.41, 5.74) is -0.137. The smallest absolute Gasteiger partial charge is 0.333 e. The second kappa shape index (κ2) is 9.45. The van der Waals surface area contributed by atoms with Crippen molar-refractivity contribution in [2.24, 2.45) is 0 Å². The molecule has 19 heavy (non-hydrogen) atoms. The number of ether oxygens (including phenoxy) is 2. The van der Waals surface area contributed by atoms with E-state index >= 15 is 0 Å². The van der Waals surface area contributed by atoms with Crippen molar-refractivity contribution in [3.63, 3.8) is 0 Å². The van der Waals surface area contributed by atoms with Gasteiger partial charge in [-0.2, -0.15) is 0 Å². The molecule has 0 rings (SSSR count). The topological polar surface area (TPSA) is 134 Å². The molecule has 8 heteroatoms. The standard InChI is InChI=1S/C11H18O8/c1-7(11(17)19-5-3-9(14)15)6-10(16)18-4-2-8(12)13/h8-9,12-15H,1-6H2. The van der Waals surface area contributed by atoms with E-state index in [0.717, 1.165) is 0 Å². The molecule has 0 aromatic carbocycles. The Morgan fingerprint density at radius 3 is 1.89 bits per heavy atom. The van der Waals surface area contributed by atoms with Gasteiger partial charge in [0.15, 0.2) is 12.6 Å². The summed E-state index contributed by atoms with van der Waals surface area (Å²) < 4.78 is 9.22. The van der Waals surface area contributed by atoms with E-state index in [1.54, 1.807) is 0 Å². The van der Waals surface area contributed by atoms with E-state index in [2.05, 4.69) is 16.1 Å². The summed E-state index contributed by atoms with van der Waals surface area (Å²) >= 11 is 0. The lowest BCUT2D eigenvalue weighted by molar-refractivity contribution is -0.149. The number of hydrogen-bond donors (Lipinski definition) is 4. The molecular weight excluding hydrogens is 260 g/mol. The summed E-state index contributed by atoms with van der Waals surface area (Å²) in [6.45, 7) is 2.94. The molecule has 0 fully saturated rings. The highest BCUT2D eigenvalue weighted by atomic mass is 16.5. The number of aliphatic hydroxyl groups is 4. The molecule has 0 aromatic rings. The Hall–Kier alpha value is -1.48. The second-order valence-electron chi connectivity index (χ2n) is 3.68. The van der Waals surface area contributed by atoms with Gasteiger partial charge in [0, 0.05) is 18.4 Å². The fourth-order valence-corrected chi connectivity index (χ4v) is 0.935. The lowest BCUT2D eigenvalue weighted by Gasteiger charge is -2.08. The van der Waals surface area contributed by atoms with Crippen molar-refractivity contribution in [1.29, 1.82) is 0 Å². The zero-order valence-electron chi connectivity index (χ0n) is 10.3. The van der Waals surface area contributed by atoms with Crippen LogP contribution in [-0.2, 0) is 19.1 Å². The van der Waals surface area contributed by atoms with Crippen LogP contribution in [0.5, 0.6) is 0 Å². The summed E-state index contributed by atoms with van der Waals surface area (Å²) in [4.78, 5) is 22.5. The van der Waals surface area contributed by atoms with Crippen LogP contribution < -0.4 is 0 Å². The van der Waals surface area contributed by atoms with Crippen LogP contribution in [0.4, 0.5) is 0 Å². The van der Waals surface area contributed by atoms with Gasteiger partial charge in [0.2, 0.25) is 0 Å². The molecule has 0 aliphatic heterocycles. The van der Waals surface area contributed by atoms with Gasteiger partial charge in [0.05, 0.1) is 19.6 Å². The zero-order chi connectivity index (χ0) is 14.8. The van der Waals surface area contributed by atoms with Crippen LogP contribution >= 0.6 is 0 Å². The van der Waals surface area contributed by atoms with Crippen LogP contribution in [0.3, 0.4) is 0 Å². The molecule has 0 heterocycles. The molecule has 0 saturated heterocycles. The van der Waals surface area contributed by atoms with Crippen molar-refractivity contribution < 1.29 is 39.5 Å². The summed E-state index contributed by atoms with van der Waals surface area (Å²) in [5, 5.41) is 34.1. The third kappa shape index (κ3) is 10.2. The number of carbonyl (C=O) groups is 2. The minimum Gasteiger partial charge on any atom is -0.465 e. The minimum absolute atomic E-state index is 0.128. The molecule has 0 aromatic heterocycles. The van der Waals surface area contributed by atoms with E-state index in [9.17, 15) is 9.59 Å². The fourth-order valence-electron chi connectivity index (χ4n) is 0.935. The first-order chi connectivity index (χ1) is 8.82. The third-order valence-corrected chi connectivity index (χ3v) is 1.89. The van der Waals surface area contributed by atoms with Gasteiger partial charge in [-0.1, -0.05) is 6.58 Å². The van der Waals surface area contributed by atoms with E-state index in [1.165, 1.54) is 0 Å². The highest BCUT2D eigenvalue weighted by Gasteiger charge is 2.14. The Balaban J connectivity index is 3.82. The van der Waals surface area contributed by atoms with E-state index in [4.69, 9.17) is 20.4 Å². The van der Waals surface area contributed by atoms with Crippen molar-refractivity contribution in [3.05, 3.63) is 12.2 Å². The second-order valence-corrected chi connectivity index (χ2v) is 3.68. The first-order valence-electron chi connectivity index (χ1n) is 5.55. The Labute approximate surface area is 109 Å². The molecule has 0 saturated carbocycles. The minimum atomic E-state index is -1.57. The maximum atomic E-state index is 11.3. The van der Waals surface area contributed by atoms with E-state index < -0.39 is 24.5 Å². The molecular formula is C11H18O8. The third-order valence-electron chi connectivity index (χ3n) is 1.89. The quantitative estimate of drug-likeness (QED) is 0.225. The molecule has 8 nitrogen and oxygen atoms in total. The molecule has 0 spiro atoms. The van der Waals surface area contributed by atoms with Gasteiger partial charge >= 0.3 is 11.9 Å². The first kappa shape index (κ1) is 17.5. The number of carbonyl (C=O) groups excluding carboxylic acids is 2. The molecule has 0 aliphatic rings. The Morgan fingerprint density at radius 2 is 1.42 bits per heavy atom. The van der Waals surface area contributed by atoms with Crippen LogP contribution in [0.2, 0.25) is 0 Å². The average molecular weight is 278 g/mol. The molecule has 110 valence electrons. The molecule has 0 amide bonds. The lowest BCUT2D eigenvalue weighted by Crippen LogP contribution is -2.17. The number of hydrogen-bond acceptors (Lipinski definition) is 8. The van der Waals surface area contributed by atoms with Crippen molar-refractivity contribution in [1.82, 2.24) is 0 Å².